The van der Waals surface area contributed by atoms with E-state index >= 15 is 0 Å². The quantitative estimate of drug-likeness (QED) is 0.0590. The van der Waals surface area contributed by atoms with Crippen LogP contribution in [0.25, 0.3) is 22.1 Å². The average molecular weight is 883 g/mol. The number of nitrogens with one attached hydrogen (secondary N) is 2. The summed E-state index contributed by atoms with van der Waals surface area (Å²) in [7, 11) is 1.29. The van der Waals surface area contributed by atoms with E-state index in [0.29, 0.717) is 45.5 Å². The molecule has 8 bridgehead atoms. The van der Waals surface area contributed by atoms with Crippen molar-refractivity contribution >= 4 is 45.6 Å². The Hall–Kier alpha value is -5.64. The fraction of sp³-hybridized carbons (Fsp3) is 0.491. The number of carbonyl (C=O) groups excluding carboxylic acids is 4. The summed E-state index contributed by atoms with van der Waals surface area (Å²) in [4.78, 5) is 72.1. The van der Waals surface area contributed by atoms with E-state index in [4.69, 9.17) is 19.4 Å². The molecule has 6 rings (SSSR count). The molecular weight excluding hydrogens is 813 g/mol. The van der Waals surface area contributed by atoms with Crippen molar-refractivity contribution in [2.75, 3.05) is 13.7 Å². The van der Waals surface area contributed by atoms with Crippen LogP contribution in [-0.4, -0.2) is 57.2 Å². The predicted octanol–water partition coefficient (Wildman–Crippen LogP) is 13.2. The number of allylic oxidation sites excluding steroid dienone is 7. The number of hydrogen-bond acceptors (Lipinski definition) is 8. The average Bonchev–Trinajstić information content (AvgIpc) is 4.00. The Balaban J connectivity index is 1.28. The van der Waals surface area contributed by atoms with Crippen molar-refractivity contribution in [2.45, 2.75) is 164 Å². The Morgan fingerprint density at radius 1 is 0.708 bits per heavy atom. The molecule has 5 atom stereocenters. The molecule has 10 heteroatoms. The Bertz CT molecular complexity index is 2650. The minimum Gasteiger partial charge on any atom is -0.468 e. The van der Waals surface area contributed by atoms with Gasteiger partial charge in [-0.2, -0.15) is 0 Å². The summed E-state index contributed by atoms with van der Waals surface area (Å²) in [5.74, 6) is -2.97. The van der Waals surface area contributed by atoms with Crippen molar-refractivity contribution < 1.29 is 28.7 Å². The molecule has 0 fully saturated rings. The van der Waals surface area contributed by atoms with E-state index in [0.717, 1.165) is 84.1 Å². The Morgan fingerprint density at radius 3 is 1.89 bits per heavy atom. The van der Waals surface area contributed by atoms with Crippen LogP contribution in [0.5, 0.6) is 0 Å². The van der Waals surface area contributed by atoms with Gasteiger partial charge in [0, 0.05) is 74.9 Å². The van der Waals surface area contributed by atoms with Gasteiger partial charge in [-0.1, -0.05) is 61.3 Å². The molecule has 2 aliphatic heterocycles. The monoisotopic (exact) mass is 883 g/mol. The van der Waals surface area contributed by atoms with Crippen LogP contribution in [-0.2, 0) is 19.1 Å². The highest BCUT2D eigenvalue weighted by atomic mass is 16.5. The zero-order valence-electron chi connectivity index (χ0n) is 40.8. The van der Waals surface area contributed by atoms with Gasteiger partial charge < -0.3 is 19.4 Å². The maximum atomic E-state index is 14.4. The number of ether oxygens (including phenoxy) is 2. The third kappa shape index (κ3) is 10.7. The molecule has 3 aromatic rings. The van der Waals surface area contributed by atoms with Crippen LogP contribution in [0.4, 0.5) is 0 Å². The fourth-order valence-corrected chi connectivity index (χ4v) is 9.94. The summed E-state index contributed by atoms with van der Waals surface area (Å²) in [6.45, 7) is 22.7. The van der Waals surface area contributed by atoms with E-state index in [1.54, 1.807) is 6.92 Å². The molecule has 10 nitrogen and oxygen atoms in total. The lowest BCUT2D eigenvalue weighted by atomic mass is 9.84. The van der Waals surface area contributed by atoms with Crippen LogP contribution in [0.3, 0.4) is 0 Å². The van der Waals surface area contributed by atoms with Gasteiger partial charge >= 0.3 is 11.9 Å². The molecular formula is C55H70N4O6. The first-order valence-corrected chi connectivity index (χ1v) is 23.6. The minimum atomic E-state index is -1.21. The third-order valence-corrected chi connectivity index (χ3v) is 13.9. The molecule has 3 aromatic heterocycles. The fourth-order valence-electron chi connectivity index (χ4n) is 9.94. The van der Waals surface area contributed by atoms with Crippen molar-refractivity contribution in [2.24, 2.45) is 0 Å². The van der Waals surface area contributed by atoms with Crippen LogP contribution in [0.2, 0.25) is 0 Å². The Morgan fingerprint density at radius 2 is 1.28 bits per heavy atom. The van der Waals surface area contributed by atoms with Gasteiger partial charge in [-0.15, -0.1) is 0 Å². The number of rotatable bonds is 17. The third-order valence-electron chi connectivity index (χ3n) is 13.9. The number of fused-ring (bicyclic) bond motifs is 8. The summed E-state index contributed by atoms with van der Waals surface area (Å²) in [6.07, 6.45) is 16.4. The lowest BCUT2D eigenvalue weighted by Gasteiger charge is -2.18. The Kier molecular flexibility index (Phi) is 15.9. The smallest absolute Gasteiger partial charge is 0.321 e. The highest BCUT2D eigenvalue weighted by molar-refractivity contribution is 6.23. The van der Waals surface area contributed by atoms with E-state index < -0.39 is 11.9 Å². The minimum absolute atomic E-state index is 0.0585. The van der Waals surface area contributed by atoms with E-state index in [-0.39, 0.29) is 54.2 Å². The van der Waals surface area contributed by atoms with E-state index in [1.807, 2.05) is 38.1 Å². The van der Waals surface area contributed by atoms with Gasteiger partial charge in [0.25, 0.3) is 0 Å². The van der Waals surface area contributed by atoms with Crippen molar-refractivity contribution in [3.63, 3.8) is 0 Å². The summed E-state index contributed by atoms with van der Waals surface area (Å²) >= 11 is 0. The number of nitrogens with zero attached hydrogens (tertiary/aromatic N) is 2. The van der Waals surface area contributed by atoms with Crippen molar-refractivity contribution in [3.05, 3.63) is 115 Å². The number of methoxy groups -OCH3 is 1. The molecule has 346 valence electrons. The molecule has 0 unspecified atom stereocenters. The second-order valence-electron chi connectivity index (χ2n) is 18.9. The van der Waals surface area contributed by atoms with Crippen molar-refractivity contribution in [3.8, 4) is 0 Å². The van der Waals surface area contributed by atoms with E-state index in [2.05, 4.69) is 83.6 Å². The van der Waals surface area contributed by atoms with Crippen LogP contribution < -0.4 is 0 Å². The molecule has 0 saturated heterocycles. The molecule has 2 N–H and O–H groups in total. The number of ketones is 2. The van der Waals surface area contributed by atoms with Gasteiger partial charge in [-0.25, -0.2) is 0 Å². The molecule has 3 aliphatic rings. The van der Waals surface area contributed by atoms with E-state index in [1.165, 1.54) is 23.8 Å². The molecule has 65 heavy (non-hydrogen) atoms. The summed E-state index contributed by atoms with van der Waals surface area (Å²) < 4.78 is 11.0. The summed E-state index contributed by atoms with van der Waals surface area (Å²) in [6, 6.07) is 5.97. The first-order valence-electron chi connectivity index (χ1n) is 23.6. The number of aromatic amines is 2. The van der Waals surface area contributed by atoms with Crippen LogP contribution in [0.1, 0.15) is 210 Å². The zero-order valence-corrected chi connectivity index (χ0v) is 40.8. The van der Waals surface area contributed by atoms with E-state index in [9.17, 15) is 19.2 Å². The van der Waals surface area contributed by atoms with Crippen LogP contribution in [0, 0.1) is 13.8 Å². The van der Waals surface area contributed by atoms with Gasteiger partial charge in [-0.05, 0) is 142 Å². The second kappa shape index (κ2) is 21.1. The SMILES string of the molecule is CC[C@H]1c2cc3[nH]c4c(c3C)C(=O)[C@H](C(=O)OC)c4c3nc(cc4[nH]c(cc(n2)[C@@H]1C)c(C(C)=O)c4C)[C@@H](C)[C@@H]3CCC(=O)OC/C=C(\C)CC/C=C(\C)CC/C=C(\C)CCC=C(C)C. The lowest BCUT2D eigenvalue weighted by molar-refractivity contribution is -0.143. The maximum Gasteiger partial charge on any atom is 0.321 e. The van der Waals surface area contributed by atoms with Crippen LogP contribution >= 0.6 is 0 Å². The molecule has 1 aliphatic carbocycles. The molecule has 0 saturated carbocycles. The lowest BCUT2D eigenvalue weighted by Crippen LogP contribution is -2.21. The second-order valence-corrected chi connectivity index (χ2v) is 18.9. The number of esters is 2. The normalized spacial score (nSPS) is 19.7. The van der Waals surface area contributed by atoms with Gasteiger partial charge in [0.1, 0.15) is 12.5 Å². The highest BCUT2D eigenvalue weighted by Gasteiger charge is 2.45. The summed E-state index contributed by atoms with van der Waals surface area (Å²) in [5, 5.41) is 0. The highest BCUT2D eigenvalue weighted by Crippen LogP contribution is 2.48. The number of hydrogen-bond donors (Lipinski definition) is 2. The van der Waals surface area contributed by atoms with Crippen molar-refractivity contribution in [1.29, 1.82) is 0 Å². The maximum absolute atomic E-state index is 14.4. The van der Waals surface area contributed by atoms with Gasteiger partial charge in [-0.3, -0.25) is 29.1 Å². The standard InChI is InChI=1S/C55H70N4O6/c1-13-39-34(7)41-29-46-48(38(11)60)36(9)43(57-46)27-42-35(8)40(52(58-42)50-51(55(63)64-12)54(62)49-37(10)44(59-53(49)50)28-45(39)56-41)23-24-47(61)65-26-25-33(6)22-16-21-32(5)20-15-19-31(4)18-14-17-30(2)3/h17,19,21,25,27-29,34-35,39-40,51,57,59H,13-16,18,20,22-24,26H2,1-12H3/b31-19+,32-21+,33-25+,41-29?,42-27?,43-27?,44-28?,45-28?,46-29?,52-50?/t34-,35+,39-,40+,51-/m1/s1. The number of carbonyl (C=O) groups is 4. The molecule has 0 aromatic carbocycles. The van der Waals surface area contributed by atoms with Crippen LogP contribution in [0.15, 0.2) is 64.8 Å². The number of aromatic nitrogens is 4. The molecule has 0 radical (unpaired) electrons. The first kappa shape index (κ1) is 48.8. The van der Waals surface area contributed by atoms with Crippen molar-refractivity contribution in [1.82, 2.24) is 19.9 Å². The zero-order chi connectivity index (χ0) is 47.3. The molecule has 0 spiro atoms. The largest absolute Gasteiger partial charge is 0.468 e. The number of H-pyrrole nitrogens is 2. The molecule has 5 heterocycles. The number of aryl methyl sites for hydroxylation is 2. The molecule has 0 amide bonds. The van der Waals surface area contributed by atoms with Gasteiger partial charge in [0.15, 0.2) is 11.6 Å². The van der Waals surface area contributed by atoms with Gasteiger partial charge in [0.2, 0.25) is 0 Å². The predicted molar refractivity (Wildman–Crippen MR) is 261 cm³/mol. The first-order chi connectivity index (χ1) is 30.9. The van der Waals surface area contributed by atoms with Gasteiger partial charge in [0.05, 0.1) is 23.8 Å². The summed E-state index contributed by atoms with van der Waals surface area (Å²) in [5.41, 5.74) is 14.2. The number of Topliss-reactive ketones (excluding diaryl/α,β-unsaturated/α-hetero) is 2. The Labute approximate surface area is 385 Å². The topological polar surface area (TPSA) is 144 Å².